The van der Waals surface area contributed by atoms with E-state index in [9.17, 15) is 35.1 Å². The fraction of sp³-hybridized carbons (Fsp3) is 0.0833. The molecular weight excluding hydrogens is 312 g/mol. The van der Waals surface area contributed by atoms with Crippen molar-refractivity contribution in [1.82, 2.24) is 4.57 Å². The number of rotatable bonds is 4. The van der Waals surface area contributed by atoms with Gasteiger partial charge >= 0.3 is 16.9 Å². The SMILES string of the molecule is Cn1c(-c2ccc([N+](=O)[O-])cc2)c([N+](=O)[O-])cc([N+](=O)[O-])c1=O. The normalized spacial score (nSPS) is 10.3. The largest absolute Gasteiger partial charge is 0.341 e. The van der Waals surface area contributed by atoms with E-state index in [1.54, 1.807) is 0 Å². The van der Waals surface area contributed by atoms with E-state index in [0.29, 0.717) is 6.07 Å². The molecule has 23 heavy (non-hydrogen) atoms. The van der Waals surface area contributed by atoms with Crippen molar-refractivity contribution in [2.45, 2.75) is 0 Å². The molecule has 0 saturated heterocycles. The summed E-state index contributed by atoms with van der Waals surface area (Å²) in [6.07, 6.45) is 0. The van der Waals surface area contributed by atoms with Gasteiger partial charge in [0.2, 0.25) is 0 Å². The number of nitro benzene ring substituents is 1. The smallest absolute Gasteiger partial charge is 0.300 e. The first kappa shape index (κ1) is 15.8. The van der Waals surface area contributed by atoms with Crippen LogP contribution in [-0.2, 0) is 7.05 Å². The van der Waals surface area contributed by atoms with E-state index in [-0.39, 0.29) is 16.9 Å². The van der Waals surface area contributed by atoms with Crippen LogP contribution >= 0.6 is 0 Å². The number of non-ortho nitro benzene ring substituents is 1. The summed E-state index contributed by atoms with van der Waals surface area (Å²) in [5, 5.41) is 32.6. The van der Waals surface area contributed by atoms with Gasteiger partial charge < -0.3 is 0 Å². The van der Waals surface area contributed by atoms with Gasteiger partial charge in [-0.25, -0.2) is 0 Å². The second-order valence-electron chi connectivity index (χ2n) is 4.45. The molecule has 0 N–H and O–H groups in total. The van der Waals surface area contributed by atoms with Gasteiger partial charge in [-0.15, -0.1) is 0 Å². The zero-order chi connectivity index (χ0) is 17.3. The first-order chi connectivity index (χ1) is 10.7. The lowest BCUT2D eigenvalue weighted by molar-refractivity contribution is -0.395. The summed E-state index contributed by atoms with van der Waals surface area (Å²) in [5.74, 6) is 0. The molecule has 1 aromatic carbocycles. The van der Waals surface area contributed by atoms with Gasteiger partial charge in [0.25, 0.3) is 5.69 Å². The van der Waals surface area contributed by atoms with Gasteiger partial charge in [-0.1, -0.05) is 0 Å². The maximum Gasteiger partial charge on any atom is 0.341 e. The zero-order valence-corrected chi connectivity index (χ0v) is 11.5. The average Bonchev–Trinajstić information content (AvgIpc) is 2.49. The van der Waals surface area contributed by atoms with Crippen molar-refractivity contribution in [3.05, 3.63) is 71.0 Å². The molecule has 11 nitrogen and oxygen atoms in total. The molecule has 0 fully saturated rings. The summed E-state index contributed by atoms with van der Waals surface area (Å²) in [4.78, 5) is 42.0. The lowest BCUT2D eigenvalue weighted by Crippen LogP contribution is -2.22. The molecule has 0 aliphatic carbocycles. The van der Waals surface area contributed by atoms with Crippen molar-refractivity contribution in [2.75, 3.05) is 0 Å². The second-order valence-corrected chi connectivity index (χ2v) is 4.45. The molecule has 2 aromatic rings. The highest BCUT2D eigenvalue weighted by molar-refractivity contribution is 5.72. The number of benzene rings is 1. The topological polar surface area (TPSA) is 151 Å². The minimum absolute atomic E-state index is 0.150. The van der Waals surface area contributed by atoms with Gasteiger partial charge in [-0.3, -0.25) is 39.7 Å². The molecule has 0 bridgehead atoms. The van der Waals surface area contributed by atoms with Crippen molar-refractivity contribution < 1.29 is 14.8 Å². The summed E-state index contributed by atoms with van der Waals surface area (Å²) in [6.45, 7) is 0. The van der Waals surface area contributed by atoms with Crippen LogP contribution in [0.4, 0.5) is 17.1 Å². The predicted octanol–water partition coefficient (Wildman–Crippen LogP) is 1.78. The Morgan fingerprint density at radius 3 is 1.83 bits per heavy atom. The summed E-state index contributed by atoms with van der Waals surface area (Å²) >= 11 is 0. The molecule has 0 atom stereocenters. The highest BCUT2D eigenvalue weighted by Crippen LogP contribution is 2.31. The number of hydrogen-bond donors (Lipinski definition) is 0. The number of aromatic nitrogens is 1. The first-order valence-electron chi connectivity index (χ1n) is 6.01. The molecule has 0 saturated carbocycles. The molecule has 2 rings (SSSR count). The standard InChI is InChI=1S/C12H8N4O7/c1-13-11(7-2-4-8(5-3-7)14(18)19)9(15(20)21)6-10(12(13)17)16(22)23/h2-6H,1H3. The van der Waals surface area contributed by atoms with Crippen LogP contribution < -0.4 is 5.56 Å². The van der Waals surface area contributed by atoms with E-state index in [2.05, 4.69) is 0 Å². The highest BCUT2D eigenvalue weighted by atomic mass is 16.6. The Balaban J connectivity index is 2.78. The van der Waals surface area contributed by atoms with Crippen molar-refractivity contribution in [3.63, 3.8) is 0 Å². The minimum atomic E-state index is -1.02. The van der Waals surface area contributed by atoms with Crippen LogP contribution in [0.5, 0.6) is 0 Å². The molecule has 11 heteroatoms. The number of nitrogens with zero attached hydrogens (tertiary/aromatic N) is 4. The second kappa shape index (κ2) is 5.63. The molecule has 0 aliphatic heterocycles. The summed E-state index contributed by atoms with van der Waals surface area (Å²) in [6, 6.07) is 5.27. The third kappa shape index (κ3) is 2.74. The van der Waals surface area contributed by atoms with Crippen LogP contribution in [0, 0.1) is 30.3 Å². The Bertz CT molecular complexity index is 886. The molecule has 1 aromatic heterocycles. The minimum Gasteiger partial charge on any atom is -0.300 e. The van der Waals surface area contributed by atoms with E-state index in [0.717, 1.165) is 23.7 Å². The molecule has 0 aliphatic rings. The molecule has 0 spiro atoms. The summed E-state index contributed by atoms with van der Waals surface area (Å²) in [7, 11) is 1.15. The maximum atomic E-state index is 11.9. The predicted molar refractivity (Wildman–Crippen MR) is 77.1 cm³/mol. The van der Waals surface area contributed by atoms with Crippen LogP contribution in [0.3, 0.4) is 0 Å². The third-order valence-corrected chi connectivity index (χ3v) is 3.12. The van der Waals surface area contributed by atoms with Gasteiger partial charge in [0, 0.05) is 24.7 Å². The number of nitro groups is 3. The molecule has 1 heterocycles. The Kier molecular flexibility index (Phi) is 3.86. The van der Waals surface area contributed by atoms with E-state index in [1.165, 1.54) is 12.1 Å². The van der Waals surface area contributed by atoms with E-state index in [1.807, 2.05) is 0 Å². The third-order valence-electron chi connectivity index (χ3n) is 3.12. The first-order valence-corrected chi connectivity index (χ1v) is 6.01. The Morgan fingerprint density at radius 1 is 0.870 bits per heavy atom. The van der Waals surface area contributed by atoms with Gasteiger partial charge in [0.15, 0.2) is 0 Å². The Hall–Kier alpha value is -3.63. The van der Waals surface area contributed by atoms with Crippen LogP contribution in [0.25, 0.3) is 11.3 Å². The van der Waals surface area contributed by atoms with E-state index in [4.69, 9.17) is 0 Å². The van der Waals surface area contributed by atoms with E-state index < -0.39 is 31.7 Å². The molecule has 0 unspecified atom stereocenters. The van der Waals surface area contributed by atoms with E-state index >= 15 is 0 Å². The molecule has 118 valence electrons. The Labute approximate surface area is 126 Å². The molecular formula is C12H8N4O7. The van der Waals surface area contributed by atoms with Gasteiger partial charge in [-0.2, -0.15) is 0 Å². The monoisotopic (exact) mass is 320 g/mol. The Morgan fingerprint density at radius 2 is 1.39 bits per heavy atom. The van der Waals surface area contributed by atoms with Gasteiger partial charge in [-0.05, 0) is 12.1 Å². The highest BCUT2D eigenvalue weighted by Gasteiger charge is 2.27. The number of hydrogen-bond acceptors (Lipinski definition) is 7. The van der Waals surface area contributed by atoms with Crippen LogP contribution in [0.15, 0.2) is 35.1 Å². The van der Waals surface area contributed by atoms with Crippen molar-refractivity contribution in [1.29, 1.82) is 0 Å². The molecule has 0 amide bonds. The van der Waals surface area contributed by atoms with Gasteiger partial charge in [0.05, 0.1) is 14.8 Å². The maximum absolute atomic E-state index is 11.9. The lowest BCUT2D eigenvalue weighted by Gasteiger charge is -2.08. The van der Waals surface area contributed by atoms with Crippen LogP contribution in [0.1, 0.15) is 0 Å². The lowest BCUT2D eigenvalue weighted by atomic mass is 10.1. The average molecular weight is 320 g/mol. The van der Waals surface area contributed by atoms with Crippen LogP contribution in [-0.4, -0.2) is 19.3 Å². The summed E-state index contributed by atoms with van der Waals surface area (Å²) in [5.41, 5.74) is -2.85. The summed E-state index contributed by atoms with van der Waals surface area (Å²) < 4.78 is 0.775. The van der Waals surface area contributed by atoms with Gasteiger partial charge in [0.1, 0.15) is 11.8 Å². The number of pyridine rings is 1. The fourth-order valence-electron chi connectivity index (χ4n) is 2.06. The van der Waals surface area contributed by atoms with Crippen molar-refractivity contribution >= 4 is 17.1 Å². The van der Waals surface area contributed by atoms with Crippen LogP contribution in [0.2, 0.25) is 0 Å². The van der Waals surface area contributed by atoms with Crippen molar-refractivity contribution in [2.24, 2.45) is 7.05 Å². The van der Waals surface area contributed by atoms with Crippen molar-refractivity contribution in [3.8, 4) is 11.3 Å². The zero-order valence-electron chi connectivity index (χ0n) is 11.5. The fourth-order valence-corrected chi connectivity index (χ4v) is 2.06. The molecule has 0 radical (unpaired) electrons. The quantitative estimate of drug-likeness (QED) is 0.614.